The summed E-state index contributed by atoms with van der Waals surface area (Å²) in [6.07, 6.45) is 2.36. The molecule has 0 aliphatic heterocycles. The molecule has 0 radical (unpaired) electrons. The molecular formula is C31H29BrN2O6. The number of amides is 1. The molecule has 0 unspecified atom stereocenters. The molecule has 0 bridgehead atoms. The topological polar surface area (TPSA) is 95.5 Å². The number of hydrogen-bond donors (Lipinski definition) is 1. The van der Waals surface area contributed by atoms with Gasteiger partial charge in [-0.05, 0) is 94.1 Å². The fraction of sp³-hybridized carbons (Fsp3) is 0.194. The van der Waals surface area contributed by atoms with E-state index in [1.165, 1.54) is 6.21 Å². The Bertz CT molecular complexity index is 1500. The molecule has 206 valence electrons. The van der Waals surface area contributed by atoms with Crippen molar-refractivity contribution >= 4 is 44.8 Å². The number of benzene rings is 4. The van der Waals surface area contributed by atoms with Gasteiger partial charge in [0.25, 0.3) is 5.91 Å². The predicted octanol–water partition coefficient (Wildman–Crippen LogP) is 6.54. The lowest BCUT2D eigenvalue weighted by Gasteiger charge is -2.12. The van der Waals surface area contributed by atoms with Crippen LogP contribution in [0.5, 0.6) is 23.0 Å². The molecule has 0 atom stereocenters. The normalized spacial score (nSPS) is 10.9. The molecule has 0 aliphatic rings. The molecule has 4 aromatic rings. The minimum absolute atomic E-state index is 0.209. The lowest BCUT2D eigenvalue weighted by Crippen LogP contribution is -2.24. The van der Waals surface area contributed by atoms with Crippen molar-refractivity contribution in [2.45, 2.75) is 20.3 Å². The molecule has 0 aromatic heterocycles. The van der Waals surface area contributed by atoms with Crippen LogP contribution in [0.4, 0.5) is 0 Å². The molecule has 0 heterocycles. The van der Waals surface area contributed by atoms with Crippen LogP contribution in [0.1, 0.15) is 36.2 Å². The van der Waals surface area contributed by atoms with Crippen LogP contribution in [0.2, 0.25) is 0 Å². The van der Waals surface area contributed by atoms with Crippen molar-refractivity contribution in [2.24, 2.45) is 5.10 Å². The molecule has 1 amide bonds. The highest BCUT2D eigenvalue weighted by atomic mass is 79.9. The van der Waals surface area contributed by atoms with Gasteiger partial charge in [0.15, 0.2) is 18.1 Å². The van der Waals surface area contributed by atoms with Gasteiger partial charge in [0.05, 0.1) is 29.5 Å². The van der Waals surface area contributed by atoms with Crippen LogP contribution in [0, 0.1) is 0 Å². The third-order valence-electron chi connectivity index (χ3n) is 5.62. The molecule has 8 nitrogen and oxygen atoms in total. The van der Waals surface area contributed by atoms with E-state index in [0.29, 0.717) is 41.6 Å². The SMILES string of the molecule is CCCOc1ccc(C(=O)Oc2ccc(/C=N\NC(=O)COc3ccc4ccccc4c3Br)cc2OCC)cc1. The van der Waals surface area contributed by atoms with Crippen LogP contribution in [0.15, 0.2) is 88.4 Å². The Hall–Kier alpha value is -4.37. The van der Waals surface area contributed by atoms with Gasteiger partial charge in [-0.2, -0.15) is 5.10 Å². The van der Waals surface area contributed by atoms with Crippen LogP contribution in [-0.4, -0.2) is 37.9 Å². The van der Waals surface area contributed by atoms with E-state index in [9.17, 15) is 9.59 Å². The van der Waals surface area contributed by atoms with E-state index < -0.39 is 11.9 Å². The van der Waals surface area contributed by atoms with Gasteiger partial charge < -0.3 is 18.9 Å². The van der Waals surface area contributed by atoms with E-state index in [0.717, 1.165) is 21.7 Å². The van der Waals surface area contributed by atoms with Crippen LogP contribution in [0.25, 0.3) is 10.8 Å². The van der Waals surface area contributed by atoms with Gasteiger partial charge in [-0.3, -0.25) is 4.79 Å². The van der Waals surface area contributed by atoms with E-state index in [4.69, 9.17) is 18.9 Å². The number of carbonyl (C=O) groups excluding carboxylic acids is 2. The Labute approximate surface area is 241 Å². The minimum Gasteiger partial charge on any atom is -0.494 e. The van der Waals surface area contributed by atoms with Gasteiger partial charge in [0, 0.05) is 0 Å². The summed E-state index contributed by atoms with van der Waals surface area (Å²) < 4.78 is 23.2. The van der Waals surface area contributed by atoms with Gasteiger partial charge in [0.1, 0.15) is 11.5 Å². The average Bonchev–Trinajstić information content (AvgIpc) is 2.97. The van der Waals surface area contributed by atoms with Gasteiger partial charge in [-0.1, -0.05) is 37.3 Å². The van der Waals surface area contributed by atoms with Crippen molar-refractivity contribution in [3.63, 3.8) is 0 Å². The van der Waals surface area contributed by atoms with Gasteiger partial charge >= 0.3 is 5.97 Å². The van der Waals surface area contributed by atoms with Crippen LogP contribution in [-0.2, 0) is 4.79 Å². The molecule has 1 N–H and O–H groups in total. The first-order chi connectivity index (χ1) is 19.5. The van der Waals surface area contributed by atoms with Crippen LogP contribution >= 0.6 is 15.9 Å². The molecule has 0 spiro atoms. The zero-order valence-corrected chi connectivity index (χ0v) is 23.8. The fourth-order valence-electron chi connectivity index (χ4n) is 3.70. The van der Waals surface area contributed by atoms with Crippen molar-refractivity contribution in [1.29, 1.82) is 0 Å². The maximum atomic E-state index is 12.7. The summed E-state index contributed by atoms with van der Waals surface area (Å²) in [7, 11) is 0. The average molecular weight is 605 g/mol. The summed E-state index contributed by atoms with van der Waals surface area (Å²) in [6.45, 7) is 4.62. The summed E-state index contributed by atoms with van der Waals surface area (Å²) in [4.78, 5) is 24.9. The highest BCUT2D eigenvalue weighted by Crippen LogP contribution is 2.33. The number of carbonyl (C=O) groups is 2. The molecule has 9 heteroatoms. The smallest absolute Gasteiger partial charge is 0.343 e. The molecule has 0 aliphatic carbocycles. The van der Waals surface area contributed by atoms with E-state index >= 15 is 0 Å². The Kier molecular flexibility index (Phi) is 10.1. The summed E-state index contributed by atoms with van der Waals surface area (Å²) in [5, 5.41) is 6.06. The van der Waals surface area contributed by atoms with Crippen LogP contribution < -0.4 is 24.4 Å². The lowest BCUT2D eigenvalue weighted by atomic mass is 10.1. The van der Waals surface area contributed by atoms with Crippen molar-refractivity contribution in [3.05, 3.63) is 94.5 Å². The zero-order valence-electron chi connectivity index (χ0n) is 22.2. The molecule has 0 fully saturated rings. The Morgan fingerprint density at radius 1 is 0.875 bits per heavy atom. The van der Waals surface area contributed by atoms with Gasteiger partial charge in [0.2, 0.25) is 0 Å². The van der Waals surface area contributed by atoms with Crippen molar-refractivity contribution in [2.75, 3.05) is 19.8 Å². The van der Waals surface area contributed by atoms with Crippen molar-refractivity contribution < 1.29 is 28.5 Å². The second-order valence-corrected chi connectivity index (χ2v) is 9.38. The van der Waals surface area contributed by atoms with Gasteiger partial charge in [-0.25, -0.2) is 10.2 Å². The molecular weight excluding hydrogens is 576 g/mol. The van der Waals surface area contributed by atoms with Crippen LogP contribution in [0.3, 0.4) is 0 Å². The largest absolute Gasteiger partial charge is 0.494 e. The molecule has 0 saturated heterocycles. The molecule has 4 aromatic carbocycles. The zero-order chi connectivity index (χ0) is 28.3. The summed E-state index contributed by atoms with van der Waals surface area (Å²) in [5.74, 6) is 0.960. The summed E-state index contributed by atoms with van der Waals surface area (Å²) in [5.41, 5.74) is 3.47. The Morgan fingerprint density at radius 3 is 2.42 bits per heavy atom. The molecule has 4 rings (SSSR count). The highest BCUT2D eigenvalue weighted by molar-refractivity contribution is 9.10. The summed E-state index contributed by atoms with van der Waals surface area (Å²) >= 11 is 3.54. The van der Waals surface area contributed by atoms with E-state index in [1.807, 2.05) is 50.2 Å². The standard InChI is InChI=1S/C31H29BrN2O6/c1-3-17-38-24-13-10-23(11-14-24)31(36)40-26-15-9-21(18-28(26)37-4-2)19-33-34-29(35)20-39-27-16-12-22-7-5-6-8-25(22)30(27)32/h5-16,18-19H,3-4,17,20H2,1-2H3,(H,34,35)/b33-19-. The Morgan fingerprint density at radius 2 is 1.65 bits per heavy atom. The first-order valence-corrected chi connectivity index (χ1v) is 13.6. The quantitative estimate of drug-likeness (QED) is 0.0854. The number of rotatable bonds is 12. The number of ether oxygens (including phenoxy) is 4. The number of hydrogen-bond acceptors (Lipinski definition) is 7. The third kappa shape index (κ3) is 7.60. The predicted molar refractivity (Wildman–Crippen MR) is 158 cm³/mol. The number of hydrazone groups is 1. The maximum absolute atomic E-state index is 12.7. The second kappa shape index (κ2) is 14.1. The van der Waals surface area contributed by atoms with Crippen molar-refractivity contribution in [3.8, 4) is 23.0 Å². The minimum atomic E-state index is -0.519. The van der Waals surface area contributed by atoms with E-state index in [1.54, 1.807) is 42.5 Å². The van der Waals surface area contributed by atoms with E-state index in [2.05, 4.69) is 26.5 Å². The number of nitrogens with one attached hydrogen (secondary N) is 1. The fourth-order valence-corrected chi connectivity index (χ4v) is 4.31. The second-order valence-electron chi connectivity index (χ2n) is 8.58. The molecule has 0 saturated carbocycles. The Balaban J connectivity index is 1.34. The third-order valence-corrected chi connectivity index (χ3v) is 6.44. The number of fused-ring (bicyclic) bond motifs is 1. The molecule has 40 heavy (non-hydrogen) atoms. The first-order valence-electron chi connectivity index (χ1n) is 12.8. The number of nitrogens with zero attached hydrogens (tertiary/aromatic N) is 1. The number of esters is 1. The highest BCUT2D eigenvalue weighted by Gasteiger charge is 2.14. The van der Waals surface area contributed by atoms with Gasteiger partial charge in [-0.15, -0.1) is 0 Å². The maximum Gasteiger partial charge on any atom is 0.343 e. The lowest BCUT2D eigenvalue weighted by molar-refractivity contribution is -0.123. The van der Waals surface area contributed by atoms with E-state index in [-0.39, 0.29) is 12.4 Å². The monoisotopic (exact) mass is 604 g/mol. The van der Waals surface area contributed by atoms with Crippen molar-refractivity contribution in [1.82, 2.24) is 5.43 Å². The number of halogens is 1. The first kappa shape index (κ1) is 28.6. The summed E-state index contributed by atoms with van der Waals surface area (Å²) in [6, 6.07) is 23.4.